The highest BCUT2D eigenvalue weighted by molar-refractivity contribution is 5.60. The molecule has 1 rings (SSSR count). The number of pyridine rings is 1. The molecule has 7 heteroatoms. The first-order chi connectivity index (χ1) is 8.54. The first-order valence-electron chi connectivity index (χ1n) is 5.82. The molecule has 0 amide bonds. The normalized spacial score (nSPS) is 10.4. The quantitative estimate of drug-likeness (QED) is 0.564. The minimum absolute atomic E-state index is 0.00425. The summed E-state index contributed by atoms with van der Waals surface area (Å²) in [6.07, 6.45) is 0. The summed E-state index contributed by atoms with van der Waals surface area (Å²) in [5.41, 5.74) is -0.00425. The Morgan fingerprint density at radius 1 is 1.39 bits per heavy atom. The van der Waals surface area contributed by atoms with E-state index in [-0.39, 0.29) is 5.69 Å². The van der Waals surface area contributed by atoms with Crippen LogP contribution in [0.15, 0.2) is 12.1 Å². The van der Waals surface area contributed by atoms with Crippen LogP contribution in [0, 0.1) is 10.1 Å². The van der Waals surface area contributed by atoms with E-state index >= 15 is 0 Å². The predicted octanol–water partition coefficient (Wildman–Crippen LogP) is 1.40. The number of rotatable bonds is 7. The Kier molecular flexibility index (Phi) is 5.31. The summed E-state index contributed by atoms with van der Waals surface area (Å²) in [6.45, 7) is 4.06. The number of nitrogens with one attached hydrogen (secondary N) is 2. The molecule has 2 N–H and O–H groups in total. The molecule has 0 aliphatic heterocycles. The van der Waals surface area contributed by atoms with E-state index in [0.29, 0.717) is 18.2 Å². The van der Waals surface area contributed by atoms with E-state index in [2.05, 4.69) is 15.6 Å². The first kappa shape index (κ1) is 14.2. The zero-order chi connectivity index (χ0) is 13.5. The lowest BCUT2D eigenvalue weighted by atomic mass is 10.3. The Morgan fingerprint density at radius 3 is 2.67 bits per heavy atom. The third-order valence-corrected chi connectivity index (χ3v) is 2.28. The average molecular weight is 253 g/mol. The number of nitrogens with zero attached hydrogens (tertiary/aromatic N) is 3. The topological polar surface area (TPSA) is 83.3 Å². The maximum absolute atomic E-state index is 10.9. The average Bonchev–Trinajstić information content (AvgIpc) is 2.29. The Balaban J connectivity index is 2.82. The third-order valence-electron chi connectivity index (χ3n) is 2.28. The number of likely N-dealkylation sites (N-methyl/N-ethyl adjacent to an activating group) is 1. The van der Waals surface area contributed by atoms with Crippen LogP contribution in [0.2, 0.25) is 0 Å². The Morgan fingerprint density at radius 2 is 2.11 bits per heavy atom. The summed E-state index contributed by atoms with van der Waals surface area (Å²) < 4.78 is 0. The lowest BCUT2D eigenvalue weighted by molar-refractivity contribution is -0.384. The van der Waals surface area contributed by atoms with Crippen molar-refractivity contribution in [3.63, 3.8) is 0 Å². The molecule has 0 fully saturated rings. The second-order valence-electron chi connectivity index (χ2n) is 4.08. The fourth-order valence-electron chi connectivity index (χ4n) is 1.41. The van der Waals surface area contributed by atoms with Gasteiger partial charge in [-0.25, -0.2) is 4.98 Å². The number of hydrogen-bond donors (Lipinski definition) is 2. The Hall–Kier alpha value is -1.89. The first-order valence-corrected chi connectivity index (χ1v) is 5.82. The van der Waals surface area contributed by atoms with Gasteiger partial charge in [0.15, 0.2) is 0 Å². The van der Waals surface area contributed by atoms with Crippen molar-refractivity contribution in [1.29, 1.82) is 0 Å². The number of hydrogen-bond acceptors (Lipinski definition) is 6. The summed E-state index contributed by atoms with van der Waals surface area (Å²) in [7, 11) is 3.89. The number of nitro groups is 1. The van der Waals surface area contributed by atoms with Gasteiger partial charge < -0.3 is 15.5 Å². The molecule has 1 aromatic rings. The van der Waals surface area contributed by atoms with Gasteiger partial charge in [0.25, 0.3) is 0 Å². The van der Waals surface area contributed by atoms with Crippen molar-refractivity contribution < 1.29 is 4.92 Å². The molecule has 0 atom stereocenters. The van der Waals surface area contributed by atoms with Crippen molar-refractivity contribution in [2.45, 2.75) is 6.92 Å². The van der Waals surface area contributed by atoms with E-state index in [0.717, 1.165) is 13.1 Å². The maximum atomic E-state index is 10.9. The number of anilines is 2. The molecule has 1 aromatic heterocycles. The second-order valence-corrected chi connectivity index (χ2v) is 4.08. The van der Waals surface area contributed by atoms with Crippen LogP contribution in [-0.2, 0) is 0 Å². The molecule has 0 spiro atoms. The summed E-state index contributed by atoms with van der Waals surface area (Å²) >= 11 is 0. The van der Waals surface area contributed by atoms with Gasteiger partial charge >= 0.3 is 5.69 Å². The van der Waals surface area contributed by atoms with E-state index in [9.17, 15) is 10.1 Å². The van der Waals surface area contributed by atoms with E-state index in [1.807, 2.05) is 25.9 Å². The van der Waals surface area contributed by atoms with Gasteiger partial charge in [-0.1, -0.05) is 0 Å². The molecule has 0 aliphatic rings. The standard InChI is InChI=1S/C11H19N5O2/c1-4-12-10-6-5-9(16(17)18)11(14-10)13-7-8-15(2)3/h5-6H,4,7-8H2,1-3H3,(H2,12,13,14). The molecule has 0 bridgehead atoms. The van der Waals surface area contributed by atoms with Crippen molar-refractivity contribution in [3.8, 4) is 0 Å². The van der Waals surface area contributed by atoms with Gasteiger partial charge in [-0.15, -0.1) is 0 Å². The van der Waals surface area contributed by atoms with Crippen LogP contribution in [0.5, 0.6) is 0 Å². The lowest BCUT2D eigenvalue weighted by Gasteiger charge is -2.12. The van der Waals surface area contributed by atoms with Crippen LogP contribution < -0.4 is 10.6 Å². The van der Waals surface area contributed by atoms with Gasteiger partial charge in [0.2, 0.25) is 5.82 Å². The molecule has 18 heavy (non-hydrogen) atoms. The predicted molar refractivity (Wildman–Crippen MR) is 72.1 cm³/mol. The summed E-state index contributed by atoms with van der Waals surface area (Å²) in [6, 6.07) is 3.07. The minimum atomic E-state index is -0.430. The molecule has 7 nitrogen and oxygen atoms in total. The van der Waals surface area contributed by atoms with Crippen molar-refractivity contribution in [2.24, 2.45) is 0 Å². The van der Waals surface area contributed by atoms with E-state index in [1.54, 1.807) is 6.07 Å². The maximum Gasteiger partial charge on any atom is 0.311 e. The van der Waals surface area contributed by atoms with E-state index in [1.165, 1.54) is 6.07 Å². The zero-order valence-corrected chi connectivity index (χ0v) is 10.9. The summed E-state index contributed by atoms with van der Waals surface area (Å²) in [5.74, 6) is 0.941. The van der Waals surface area contributed by atoms with Crippen molar-refractivity contribution in [1.82, 2.24) is 9.88 Å². The highest BCUT2D eigenvalue weighted by Gasteiger charge is 2.15. The fraction of sp³-hybridized carbons (Fsp3) is 0.545. The minimum Gasteiger partial charge on any atom is -0.370 e. The van der Waals surface area contributed by atoms with E-state index in [4.69, 9.17) is 0 Å². The highest BCUT2D eigenvalue weighted by atomic mass is 16.6. The Bertz CT molecular complexity index is 408. The number of aromatic nitrogens is 1. The molecular weight excluding hydrogens is 234 g/mol. The molecule has 0 radical (unpaired) electrons. The molecule has 0 aliphatic carbocycles. The molecule has 0 unspecified atom stereocenters. The molecular formula is C11H19N5O2. The zero-order valence-electron chi connectivity index (χ0n) is 10.9. The Labute approximate surface area is 106 Å². The highest BCUT2D eigenvalue weighted by Crippen LogP contribution is 2.23. The van der Waals surface area contributed by atoms with Gasteiger partial charge in [-0.2, -0.15) is 0 Å². The summed E-state index contributed by atoms with van der Waals surface area (Å²) in [5, 5.41) is 16.9. The van der Waals surface area contributed by atoms with Crippen LogP contribution in [0.1, 0.15) is 6.92 Å². The van der Waals surface area contributed by atoms with Crippen LogP contribution in [0.3, 0.4) is 0 Å². The third kappa shape index (κ3) is 4.17. The van der Waals surface area contributed by atoms with Crippen LogP contribution in [0.25, 0.3) is 0 Å². The van der Waals surface area contributed by atoms with Crippen LogP contribution in [-0.4, -0.2) is 48.5 Å². The van der Waals surface area contributed by atoms with Crippen LogP contribution in [0.4, 0.5) is 17.3 Å². The van der Waals surface area contributed by atoms with Crippen molar-refractivity contribution in [3.05, 3.63) is 22.2 Å². The molecule has 0 saturated heterocycles. The van der Waals surface area contributed by atoms with Gasteiger partial charge in [-0.05, 0) is 27.1 Å². The van der Waals surface area contributed by atoms with Crippen molar-refractivity contribution in [2.75, 3.05) is 44.4 Å². The molecule has 100 valence electrons. The van der Waals surface area contributed by atoms with Crippen molar-refractivity contribution >= 4 is 17.3 Å². The molecule has 0 saturated carbocycles. The lowest BCUT2D eigenvalue weighted by Crippen LogP contribution is -2.21. The van der Waals surface area contributed by atoms with Crippen LogP contribution >= 0.6 is 0 Å². The van der Waals surface area contributed by atoms with Gasteiger partial charge in [0, 0.05) is 25.7 Å². The molecule has 0 aromatic carbocycles. The SMILES string of the molecule is CCNc1ccc([N+](=O)[O-])c(NCCN(C)C)n1. The fourth-order valence-corrected chi connectivity index (χ4v) is 1.41. The largest absolute Gasteiger partial charge is 0.370 e. The monoisotopic (exact) mass is 253 g/mol. The van der Waals surface area contributed by atoms with E-state index < -0.39 is 4.92 Å². The van der Waals surface area contributed by atoms with Gasteiger partial charge in [0.05, 0.1) is 4.92 Å². The smallest absolute Gasteiger partial charge is 0.311 e. The molecule has 1 heterocycles. The summed E-state index contributed by atoms with van der Waals surface area (Å²) in [4.78, 5) is 16.6. The second kappa shape index (κ2) is 6.75. The van der Waals surface area contributed by atoms with Gasteiger partial charge in [0.1, 0.15) is 5.82 Å². The van der Waals surface area contributed by atoms with Gasteiger partial charge in [-0.3, -0.25) is 10.1 Å².